The van der Waals surface area contributed by atoms with Crippen LogP contribution in [0.1, 0.15) is 71.1 Å². The van der Waals surface area contributed by atoms with E-state index in [0.717, 1.165) is 6.42 Å². The van der Waals surface area contributed by atoms with E-state index >= 15 is 0 Å². The van der Waals surface area contributed by atoms with Crippen LogP contribution in [0.4, 0.5) is 0 Å². The molecule has 1 nitrogen and oxygen atoms in total. The van der Waals surface area contributed by atoms with Crippen LogP contribution < -0.4 is 0 Å². The van der Waals surface area contributed by atoms with E-state index in [9.17, 15) is 5.11 Å². The smallest absolute Gasteiger partial charge is 0.0701 e. The zero-order valence-electron chi connectivity index (χ0n) is 10.2. The van der Waals surface area contributed by atoms with E-state index in [-0.39, 0.29) is 5.60 Å². The zero-order valence-corrected chi connectivity index (χ0v) is 10.2. The van der Waals surface area contributed by atoms with E-state index in [4.69, 9.17) is 0 Å². The highest BCUT2D eigenvalue weighted by atomic mass is 16.3. The SMILES string of the molecule is CC1CCCCC1(O)C1CCCCCC1. The van der Waals surface area contributed by atoms with Gasteiger partial charge in [-0.15, -0.1) is 0 Å². The Morgan fingerprint density at radius 2 is 1.47 bits per heavy atom. The Balaban J connectivity index is 2.04. The first-order valence-corrected chi connectivity index (χ1v) is 6.96. The van der Waals surface area contributed by atoms with Crippen molar-refractivity contribution in [3.8, 4) is 0 Å². The van der Waals surface area contributed by atoms with Crippen LogP contribution in [-0.4, -0.2) is 10.7 Å². The molecule has 2 rings (SSSR count). The van der Waals surface area contributed by atoms with E-state index < -0.39 is 0 Å². The molecule has 15 heavy (non-hydrogen) atoms. The topological polar surface area (TPSA) is 20.2 Å². The van der Waals surface area contributed by atoms with Gasteiger partial charge < -0.3 is 5.11 Å². The monoisotopic (exact) mass is 210 g/mol. The lowest BCUT2D eigenvalue weighted by molar-refractivity contribution is -0.0932. The summed E-state index contributed by atoms with van der Waals surface area (Å²) in [6.45, 7) is 2.27. The summed E-state index contributed by atoms with van der Waals surface area (Å²) in [7, 11) is 0. The molecule has 0 heterocycles. The van der Waals surface area contributed by atoms with E-state index in [1.807, 2.05) is 0 Å². The molecule has 0 radical (unpaired) electrons. The molecule has 0 amide bonds. The van der Waals surface area contributed by atoms with Crippen molar-refractivity contribution in [1.82, 2.24) is 0 Å². The van der Waals surface area contributed by atoms with E-state index in [2.05, 4.69) is 6.92 Å². The number of hydrogen-bond donors (Lipinski definition) is 1. The molecule has 0 spiro atoms. The molecule has 0 aromatic heterocycles. The molecule has 2 atom stereocenters. The fourth-order valence-corrected chi connectivity index (χ4v) is 3.74. The molecule has 2 aliphatic rings. The van der Waals surface area contributed by atoms with Crippen LogP contribution >= 0.6 is 0 Å². The van der Waals surface area contributed by atoms with Crippen molar-refractivity contribution in [2.45, 2.75) is 76.7 Å². The lowest BCUT2D eigenvalue weighted by Gasteiger charge is -2.44. The Hall–Kier alpha value is -0.0400. The first kappa shape index (κ1) is 11.4. The van der Waals surface area contributed by atoms with Gasteiger partial charge in [-0.05, 0) is 37.5 Å². The summed E-state index contributed by atoms with van der Waals surface area (Å²) in [5.74, 6) is 1.14. The van der Waals surface area contributed by atoms with E-state index in [1.165, 1.54) is 57.8 Å². The molecule has 0 aliphatic heterocycles. The van der Waals surface area contributed by atoms with Gasteiger partial charge in [0.1, 0.15) is 0 Å². The molecule has 2 saturated carbocycles. The second-order valence-electron chi connectivity index (χ2n) is 5.83. The quantitative estimate of drug-likeness (QED) is 0.651. The van der Waals surface area contributed by atoms with Crippen LogP contribution in [0.2, 0.25) is 0 Å². The van der Waals surface area contributed by atoms with E-state index in [0.29, 0.717) is 11.8 Å². The van der Waals surface area contributed by atoms with Gasteiger partial charge in [0.2, 0.25) is 0 Å². The fourth-order valence-electron chi connectivity index (χ4n) is 3.74. The average molecular weight is 210 g/mol. The average Bonchev–Trinajstić information content (AvgIpc) is 2.51. The van der Waals surface area contributed by atoms with Crippen molar-refractivity contribution in [2.24, 2.45) is 11.8 Å². The van der Waals surface area contributed by atoms with E-state index in [1.54, 1.807) is 0 Å². The molecular weight excluding hydrogens is 184 g/mol. The first-order valence-electron chi connectivity index (χ1n) is 6.96. The third-order valence-corrected chi connectivity index (χ3v) is 4.88. The third-order valence-electron chi connectivity index (χ3n) is 4.88. The van der Waals surface area contributed by atoms with Gasteiger partial charge in [-0.3, -0.25) is 0 Å². The minimum atomic E-state index is -0.303. The van der Waals surface area contributed by atoms with Crippen LogP contribution in [-0.2, 0) is 0 Å². The maximum Gasteiger partial charge on any atom is 0.0701 e. The molecule has 0 bridgehead atoms. The first-order chi connectivity index (χ1) is 7.23. The molecule has 1 N–H and O–H groups in total. The lowest BCUT2D eigenvalue weighted by atomic mass is 9.67. The summed E-state index contributed by atoms with van der Waals surface area (Å²) in [6, 6.07) is 0. The van der Waals surface area contributed by atoms with Gasteiger partial charge in [-0.1, -0.05) is 45.4 Å². The molecule has 0 saturated heterocycles. The minimum absolute atomic E-state index is 0.303. The largest absolute Gasteiger partial charge is 0.389 e. The number of rotatable bonds is 1. The molecule has 0 aromatic rings. The molecule has 1 heteroatoms. The molecular formula is C14H26O. The van der Waals surface area contributed by atoms with Crippen LogP contribution in [0.3, 0.4) is 0 Å². The van der Waals surface area contributed by atoms with Gasteiger partial charge in [-0.25, -0.2) is 0 Å². The summed E-state index contributed by atoms with van der Waals surface area (Å²) in [6.07, 6.45) is 12.9. The predicted octanol–water partition coefficient (Wildman–Crippen LogP) is 3.90. The highest BCUT2D eigenvalue weighted by molar-refractivity contribution is 4.93. The second-order valence-corrected chi connectivity index (χ2v) is 5.83. The fraction of sp³-hybridized carbons (Fsp3) is 1.00. The van der Waals surface area contributed by atoms with Crippen molar-refractivity contribution in [1.29, 1.82) is 0 Å². The van der Waals surface area contributed by atoms with Crippen LogP contribution in [0, 0.1) is 11.8 Å². The summed E-state index contributed by atoms with van der Waals surface area (Å²) >= 11 is 0. The highest BCUT2D eigenvalue weighted by Gasteiger charge is 2.42. The molecule has 2 unspecified atom stereocenters. The normalized spacial score (nSPS) is 40.0. The van der Waals surface area contributed by atoms with Crippen molar-refractivity contribution in [2.75, 3.05) is 0 Å². The number of aliphatic hydroxyl groups is 1. The number of hydrogen-bond acceptors (Lipinski definition) is 1. The third kappa shape index (κ3) is 2.38. The van der Waals surface area contributed by atoms with Crippen molar-refractivity contribution >= 4 is 0 Å². The van der Waals surface area contributed by atoms with Crippen LogP contribution in [0.5, 0.6) is 0 Å². The summed E-state index contributed by atoms with van der Waals surface area (Å²) in [4.78, 5) is 0. The Bertz CT molecular complexity index is 194. The molecule has 2 fully saturated rings. The van der Waals surface area contributed by atoms with Gasteiger partial charge in [0.05, 0.1) is 5.60 Å². The summed E-state index contributed by atoms with van der Waals surface area (Å²) in [5.41, 5.74) is -0.303. The van der Waals surface area contributed by atoms with Crippen molar-refractivity contribution < 1.29 is 5.11 Å². The van der Waals surface area contributed by atoms with Gasteiger partial charge in [-0.2, -0.15) is 0 Å². The highest BCUT2D eigenvalue weighted by Crippen LogP contribution is 2.43. The maximum absolute atomic E-state index is 10.9. The Labute approximate surface area is 94.3 Å². The lowest BCUT2D eigenvalue weighted by Crippen LogP contribution is -2.46. The van der Waals surface area contributed by atoms with Crippen LogP contribution in [0.25, 0.3) is 0 Å². The van der Waals surface area contributed by atoms with Gasteiger partial charge >= 0.3 is 0 Å². The molecule has 88 valence electrons. The van der Waals surface area contributed by atoms with Crippen LogP contribution in [0.15, 0.2) is 0 Å². The zero-order chi connectivity index (χ0) is 10.7. The Kier molecular flexibility index (Phi) is 3.71. The van der Waals surface area contributed by atoms with Gasteiger partial charge in [0.15, 0.2) is 0 Å². The Morgan fingerprint density at radius 1 is 0.867 bits per heavy atom. The van der Waals surface area contributed by atoms with Crippen molar-refractivity contribution in [3.05, 3.63) is 0 Å². The van der Waals surface area contributed by atoms with Gasteiger partial charge in [0.25, 0.3) is 0 Å². The Morgan fingerprint density at radius 3 is 2.07 bits per heavy atom. The summed E-state index contributed by atoms with van der Waals surface area (Å²) in [5, 5.41) is 10.9. The minimum Gasteiger partial charge on any atom is -0.389 e. The molecule has 2 aliphatic carbocycles. The molecule has 0 aromatic carbocycles. The summed E-state index contributed by atoms with van der Waals surface area (Å²) < 4.78 is 0. The van der Waals surface area contributed by atoms with Crippen molar-refractivity contribution in [3.63, 3.8) is 0 Å². The second kappa shape index (κ2) is 4.86. The standard InChI is InChI=1S/C14H26O/c1-12-8-6-7-11-14(12,15)13-9-4-2-3-5-10-13/h12-13,15H,2-11H2,1H3. The maximum atomic E-state index is 10.9. The predicted molar refractivity (Wildman–Crippen MR) is 63.8 cm³/mol. The van der Waals surface area contributed by atoms with Gasteiger partial charge in [0, 0.05) is 0 Å².